The van der Waals surface area contributed by atoms with Crippen LogP contribution in [0.2, 0.25) is 5.02 Å². The molecule has 1 heterocycles. The Hall–Kier alpha value is -0.350. The van der Waals surface area contributed by atoms with E-state index in [4.69, 9.17) is 11.6 Å². The summed E-state index contributed by atoms with van der Waals surface area (Å²) in [5.74, 6) is 0. The van der Waals surface area contributed by atoms with Gasteiger partial charge in [-0.2, -0.15) is 0 Å². The highest BCUT2D eigenvalue weighted by molar-refractivity contribution is 9.10. The third-order valence-electron chi connectivity index (χ3n) is 2.97. The highest BCUT2D eigenvalue weighted by Crippen LogP contribution is 2.36. The first-order chi connectivity index (χ1) is 9.13. The minimum atomic E-state index is 0.154. The SMILES string of the molecule is CCCNC(c1cc(C)ccc1Br)c1sccc1Cl. The Morgan fingerprint density at radius 3 is 2.79 bits per heavy atom. The van der Waals surface area contributed by atoms with Gasteiger partial charge in [-0.05, 0) is 43.0 Å². The van der Waals surface area contributed by atoms with Gasteiger partial charge in [0.1, 0.15) is 0 Å². The molecule has 0 fully saturated rings. The molecule has 1 atom stereocenters. The number of benzene rings is 1. The van der Waals surface area contributed by atoms with Crippen molar-refractivity contribution in [2.75, 3.05) is 6.54 Å². The summed E-state index contributed by atoms with van der Waals surface area (Å²) in [6.45, 7) is 5.26. The summed E-state index contributed by atoms with van der Waals surface area (Å²) < 4.78 is 1.12. The monoisotopic (exact) mass is 357 g/mol. The molecule has 1 aromatic carbocycles. The van der Waals surface area contributed by atoms with Gasteiger partial charge in [0.05, 0.1) is 11.1 Å². The zero-order valence-electron chi connectivity index (χ0n) is 11.0. The summed E-state index contributed by atoms with van der Waals surface area (Å²) in [6, 6.07) is 8.55. The smallest absolute Gasteiger partial charge is 0.0697 e. The van der Waals surface area contributed by atoms with Gasteiger partial charge in [-0.25, -0.2) is 0 Å². The van der Waals surface area contributed by atoms with Crippen LogP contribution in [0, 0.1) is 6.92 Å². The maximum absolute atomic E-state index is 6.31. The van der Waals surface area contributed by atoms with E-state index in [1.807, 2.05) is 11.4 Å². The first kappa shape index (κ1) is 15.0. The van der Waals surface area contributed by atoms with Gasteiger partial charge in [0.2, 0.25) is 0 Å². The van der Waals surface area contributed by atoms with Crippen LogP contribution in [0.1, 0.15) is 35.4 Å². The van der Waals surface area contributed by atoms with E-state index in [1.165, 1.54) is 16.0 Å². The lowest BCUT2D eigenvalue weighted by Gasteiger charge is -2.20. The van der Waals surface area contributed by atoms with Crippen molar-refractivity contribution >= 4 is 38.9 Å². The molecule has 4 heteroatoms. The van der Waals surface area contributed by atoms with E-state index in [2.05, 4.69) is 53.3 Å². The fourth-order valence-electron chi connectivity index (χ4n) is 2.03. The second-order valence-electron chi connectivity index (χ2n) is 4.54. The molecule has 2 aromatic rings. The van der Waals surface area contributed by atoms with E-state index in [0.29, 0.717) is 0 Å². The molecular formula is C15H17BrClNS. The van der Waals surface area contributed by atoms with Crippen molar-refractivity contribution in [2.45, 2.75) is 26.3 Å². The van der Waals surface area contributed by atoms with E-state index < -0.39 is 0 Å². The van der Waals surface area contributed by atoms with Crippen molar-refractivity contribution in [2.24, 2.45) is 0 Å². The van der Waals surface area contributed by atoms with Gasteiger partial charge < -0.3 is 5.32 Å². The van der Waals surface area contributed by atoms with Gasteiger partial charge in [0.25, 0.3) is 0 Å². The molecular weight excluding hydrogens is 342 g/mol. The Bertz CT molecular complexity index is 553. The molecule has 0 saturated heterocycles. The normalized spacial score (nSPS) is 12.6. The summed E-state index contributed by atoms with van der Waals surface area (Å²) in [5.41, 5.74) is 2.51. The Morgan fingerprint density at radius 2 is 2.16 bits per heavy atom. The van der Waals surface area contributed by atoms with E-state index in [1.54, 1.807) is 11.3 Å². The maximum Gasteiger partial charge on any atom is 0.0697 e. The summed E-state index contributed by atoms with van der Waals surface area (Å²) in [4.78, 5) is 1.18. The maximum atomic E-state index is 6.31. The first-order valence-corrected chi connectivity index (χ1v) is 8.41. The number of hydrogen-bond acceptors (Lipinski definition) is 2. The largest absolute Gasteiger partial charge is 0.306 e. The molecule has 0 amide bonds. The van der Waals surface area contributed by atoms with E-state index in [-0.39, 0.29) is 6.04 Å². The molecule has 0 aliphatic carbocycles. The Labute approximate surface area is 132 Å². The zero-order chi connectivity index (χ0) is 13.8. The van der Waals surface area contributed by atoms with Gasteiger partial charge in [0.15, 0.2) is 0 Å². The average Bonchev–Trinajstić information content (AvgIpc) is 2.80. The second-order valence-corrected chi connectivity index (χ2v) is 6.75. The Morgan fingerprint density at radius 1 is 1.37 bits per heavy atom. The van der Waals surface area contributed by atoms with Crippen LogP contribution in [-0.2, 0) is 0 Å². The molecule has 0 radical (unpaired) electrons. The number of thiophene rings is 1. The third-order valence-corrected chi connectivity index (χ3v) is 5.11. The quantitative estimate of drug-likeness (QED) is 0.737. The van der Waals surface area contributed by atoms with Crippen molar-refractivity contribution in [3.05, 3.63) is 55.1 Å². The van der Waals surface area contributed by atoms with Crippen LogP contribution in [0.3, 0.4) is 0 Å². The van der Waals surface area contributed by atoms with Gasteiger partial charge in [-0.1, -0.05) is 52.2 Å². The van der Waals surface area contributed by atoms with E-state index >= 15 is 0 Å². The fourth-order valence-corrected chi connectivity index (χ4v) is 3.76. The van der Waals surface area contributed by atoms with Crippen molar-refractivity contribution in [1.29, 1.82) is 0 Å². The van der Waals surface area contributed by atoms with Crippen LogP contribution in [0.4, 0.5) is 0 Å². The number of rotatable bonds is 5. The second kappa shape index (κ2) is 6.89. The Balaban J connectivity index is 2.42. The first-order valence-electron chi connectivity index (χ1n) is 6.35. The summed E-state index contributed by atoms with van der Waals surface area (Å²) in [5, 5.41) is 6.48. The molecule has 0 bridgehead atoms. The summed E-state index contributed by atoms with van der Waals surface area (Å²) in [6.07, 6.45) is 1.10. The predicted octanol–water partition coefficient (Wildman–Crippen LogP) is 5.56. The Kier molecular flexibility index (Phi) is 5.46. The minimum absolute atomic E-state index is 0.154. The summed E-state index contributed by atoms with van der Waals surface area (Å²) >= 11 is 11.7. The molecule has 0 aliphatic heterocycles. The lowest BCUT2D eigenvalue weighted by atomic mass is 10.0. The number of aryl methyl sites for hydroxylation is 1. The molecule has 0 spiro atoms. The molecule has 1 N–H and O–H groups in total. The third kappa shape index (κ3) is 3.60. The fraction of sp³-hybridized carbons (Fsp3) is 0.333. The molecule has 0 aliphatic rings. The molecule has 1 unspecified atom stereocenters. The van der Waals surface area contributed by atoms with Crippen LogP contribution in [-0.4, -0.2) is 6.54 Å². The zero-order valence-corrected chi connectivity index (χ0v) is 14.2. The van der Waals surface area contributed by atoms with Gasteiger partial charge in [-0.15, -0.1) is 11.3 Å². The standard InChI is InChI=1S/C15H17BrClNS/c1-3-7-18-14(15-13(17)6-8-19-15)11-9-10(2)4-5-12(11)16/h4-6,8-9,14,18H,3,7H2,1-2H3. The highest BCUT2D eigenvalue weighted by atomic mass is 79.9. The number of nitrogens with one attached hydrogen (secondary N) is 1. The van der Waals surface area contributed by atoms with Gasteiger partial charge in [-0.3, -0.25) is 0 Å². The lowest BCUT2D eigenvalue weighted by molar-refractivity contribution is 0.604. The minimum Gasteiger partial charge on any atom is -0.306 e. The lowest BCUT2D eigenvalue weighted by Crippen LogP contribution is -2.23. The summed E-state index contributed by atoms with van der Waals surface area (Å²) in [7, 11) is 0. The van der Waals surface area contributed by atoms with E-state index in [9.17, 15) is 0 Å². The van der Waals surface area contributed by atoms with Crippen LogP contribution in [0.5, 0.6) is 0 Å². The predicted molar refractivity (Wildman–Crippen MR) is 88.3 cm³/mol. The molecule has 1 aromatic heterocycles. The van der Waals surface area contributed by atoms with Gasteiger partial charge >= 0.3 is 0 Å². The van der Waals surface area contributed by atoms with Gasteiger partial charge in [0, 0.05) is 9.35 Å². The molecule has 1 nitrogen and oxygen atoms in total. The molecule has 2 rings (SSSR count). The van der Waals surface area contributed by atoms with Crippen LogP contribution in [0.25, 0.3) is 0 Å². The van der Waals surface area contributed by atoms with Crippen LogP contribution >= 0.6 is 38.9 Å². The average molecular weight is 359 g/mol. The van der Waals surface area contributed by atoms with E-state index in [0.717, 1.165) is 22.5 Å². The molecule has 19 heavy (non-hydrogen) atoms. The molecule has 102 valence electrons. The van der Waals surface area contributed by atoms with Crippen molar-refractivity contribution in [3.8, 4) is 0 Å². The van der Waals surface area contributed by atoms with Crippen LogP contribution < -0.4 is 5.32 Å². The number of hydrogen-bond donors (Lipinski definition) is 1. The van der Waals surface area contributed by atoms with Crippen molar-refractivity contribution < 1.29 is 0 Å². The molecule has 0 saturated carbocycles. The topological polar surface area (TPSA) is 12.0 Å². The van der Waals surface area contributed by atoms with Crippen molar-refractivity contribution in [3.63, 3.8) is 0 Å². The highest BCUT2D eigenvalue weighted by Gasteiger charge is 2.20. The van der Waals surface area contributed by atoms with Crippen molar-refractivity contribution in [1.82, 2.24) is 5.32 Å². The van der Waals surface area contributed by atoms with Crippen LogP contribution in [0.15, 0.2) is 34.1 Å². The number of halogens is 2.